The number of likely N-dealkylation sites (N-methyl/N-ethyl adjacent to an activating group) is 1. The van der Waals surface area contributed by atoms with E-state index in [9.17, 15) is 0 Å². The highest BCUT2D eigenvalue weighted by molar-refractivity contribution is 9.10. The molecule has 0 bridgehead atoms. The smallest absolute Gasteiger partial charge is 0.0738 e. The normalized spacial score (nSPS) is 25.6. The molecule has 0 saturated heterocycles. The highest BCUT2D eigenvalue weighted by Crippen LogP contribution is 2.34. The van der Waals surface area contributed by atoms with E-state index >= 15 is 0 Å². The van der Waals surface area contributed by atoms with E-state index in [4.69, 9.17) is 0 Å². The third-order valence-corrected chi connectivity index (χ3v) is 5.38. The molecular formula is C14H24BrN3. The van der Waals surface area contributed by atoms with Gasteiger partial charge in [0, 0.05) is 19.5 Å². The van der Waals surface area contributed by atoms with Gasteiger partial charge in [0.15, 0.2) is 0 Å². The van der Waals surface area contributed by atoms with E-state index in [2.05, 4.69) is 47.2 Å². The summed E-state index contributed by atoms with van der Waals surface area (Å²) in [5.41, 5.74) is 2.40. The van der Waals surface area contributed by atoms with Crippen molar-refractivity contribution < 1.29 is 0 Å². The summed E-state index contributed by atoms with van der Waals surface area (Å²) in [6.45, 7) is 4.43. The van der Waals surface area contributed by atoms with Crippen molar-refractivity contribution >= 4 is 15.9 Å². The van der Waals surface area contributed by atoms with Gasteiger partial charge < -0.3 is 5.32 Å². The van der Waals surface area contributed by atoms with Crippen LogP contribution in [0.25, 0.3) is 0 Å². The van der Waals surface area contributed by atoms with Crippen LogP contribution in [-0.4, -0.2) is 22.9 Å². The SMILES string of the molecule is CNC(Cc1c(Br)c(C)nn1C)C1CCC(C)C1. The van der Waals surface area contributed by atoms with Crippen LogP contribution < -0.4 is 5.32 Å². The fourth-order valence-corrected chi connectivity index (χ4v) is 3.73. The van der Waals surface area contributed by atoms with Crippen molar-refractivity contribution in [1.82, 2.24) is 15.1 Å². The quantitative estimate of drug-likeness (QED) is 0.926. The van der Waals surface area contributed by atoms with Gasteiger partial charge in [-0.25, -0.2) is 0 Å². The lowest BCUT2D eigenvalue weighted by molar-refractivity contribution is 0.361. The van der Waals surface area contributed by atoms with Gasteiger partial charge in [-0.15, -0.1) is 0 Å². The van der Waals surface area contributed by atoms with Crippen LogP contribution in [0.1, 0.15) is 37.6 Å². The second-order valence-corrected chi connectivity index (χ2v) is 6.54. The summed E-state index contributed by atoms with van der Waals surface area (Å²) in [5, 5.41) is 8.00. The van der Waals surface area contributed by atoms with Crippen molar-refractivity contribution in [1.29, 1.82) is 0 Å². The highest BCUT2D eigenvalue weighted by atomic mass is 79.9. The molecule has 0 aromatic carbocycles. The molecule has 1 aromatic heterocycles. The second-order valence-electron chi connectivity index (χ2n) is 5.75. The number of nitrogens with one attached hydrogen (secondary N) is 1. The Morgan fingerprint density at radius 1 is 1.50 bits per heavy atom. The minimum absolute atomic E-state index is 0.570. The lowest BCUT2D eigenvalue weighted by atomic mass is 9.93. The minimum Gasteiger partial charge on any atom is -0.316 e. The molecule has 0 spiro atoms. The zero-order valence-corrected chi connectivity index (χ0v) is 13.4. The molecule has 1 aromatic rings. The molecule has 0 aliphatic heterocycles. The summed E-state index contributed by atoms with van der Waals surface area (Å²) in [7, 11) is 4.13. The molecule has 1 fully saturated rings. The third kappa shape index (κ3) is 2.80. The van der Waals surface area contributed by atoms with Crippen LogP contribution in [0.5, 0.6) is 0 Å². The zero-order chi connectivity index (χ0) is 13.3. The van der Waals surface area contributed by atoms with Crippen molar-refractivity contribution in [3.8, 4) is 0 Å². The van der Waals surface area contributed by atoms with Crippen LogP contribution in [0.2, 0.25) is 0 Å². The largest absolute Gasteiger partial charge is 0.316 e. The summed E-state index contributed by atoms with van der Waals surface area (Å²) in [6, 6.07) is 0.570. The predicted molar refractivity (Wildman–Crippen MR) is 78.7 cm³/mol. The molecule has 3 unspecified atom stereocenters. The lowest BCUT2D eigenvalue weighted by Crippen LogP contribution is -2.35. The fraction of sp³-hybridized carbons (Fsp3) is 0.786. The number of rotatable bonds is 4. The first kappa shape index (κ1) is 14.1. The summed E-state index contributed by atoms with van der Waals surface area (Å²) in [6.07, 6.45) is 5.17. The van der Waals surface area contributed by atoms with Gasteiger partial charge in [-0.2, -0.15) is 5.10 Å². The third-order valence-electron chi connectivity index (χ3n) is 4.35. The lowest BCUT2D eigenvalue weighted by Gasteiger charge is -2.23. The van der Waals surface area contributed by atoms with Gasteiger partial charge >= 0.3 is 0 Å². The first-order valence-electron chi connectivity index (χ1n) is 6.88. The molecule has 4 heteroatoms. The average molecular weight is 314 g/mol. The van der Waals surface area contributed by atoms with Crippen molar-refractivity contribution in [2.24, 2.45) is 18.9 Å². The van der Waals surface area contributed by atoms with Crippen LogP contribution >= 0.6 is 15.9 Å². The molecule has 1 aliphatic rings. The van der Waals surface area contributed by atoms with Crippen LogP contribution in [0.15, 0.2) is 4.47 Å². The van der Waals surface area contributed by atoms with Crippen LogP contribution in [0.4, 0.5) is 0 Å². The maximum absolute atomic E-state index is 4.48. The van der Waals surface area contributed by atoms with Gasteiger partial charge in [0.25, 0.3) is 0 Å². The summed E-state index contributed by atoms with van der Waals surface area (Å²) in [4.78, 5) is 0. The maximum Gasteiger partial charge on any atom is 0.0738 e. The Balaban J connectivity index is 2.10. The van der Waals surface area contributed by atoms with Gasteiger partial charge in [0.05, 0.1) is 15.9 Å². The Kier molecular flexibility index (Phi) is 4.49. The molecular weight excluding hydrogens is 290 g/mol. The van der Waals surface area contributed by atoms with E-state index < -0.39 is 0 Å². The summed E-state index contributed by atoms with van der Waals surface area (Å²) < 4.78 is 3.19. The van der Waals surface area contributed by atoms with E-state index in [1.165, 1.54) is 29.4 Å². The maximum atomic E-state index is 4.48. The minimum atomic E-state index is 0.570. The second kappa shape index (κ2) is 5.74. The first-order valence-corrected chi connectivity index (χ1v) is 7.67. The van der Waals surface area contributed by atoms with Crippen LogP contribution in [-0.2, 0) is 13.5 Å². The highest BCUT2D eigenvalue weighted by Gasteiger charge is 2.29. The fourth-order valence-electron chi connectivity index (χ4n) is 3.23. The molecule has 3 nitrogen and oxygen atoms in total. The van der Waals surface area contributed by atoms with Gasteiger partial charge in [0.2, 0.25) is 0 Å². The molecule has 0 amide bonds. The molecule has 1 aliphatic carbocycles. The molecule has 2 rings (SSSR count). The number of hydrogen-bond donors (Lipinski definition) is 1. The summed E-state index contributed by atoms with van der Waals surface area (Å²) in [5.74, 6) is 1.70. The van der Waals surface area contributed by atoms with Crippen molar-refractivity contribution in [3.05, 3.63) is 15.9 Å². The van der Waals surface area contributed by atoms with Crippen LogP contribution in [0, 0.1) is 18.8 Å². The zero-order valence-electron chi connectivity index (χ0n) is 11.8. The van der Waals surface area contributed by atoms with E-state index in [0.29, 0.717) is 6.04 Å². The molecule has 18 heavy (non-hydrogen) atoms. The van der Waals surface area contributed by atoms with Gasteiger partial charge in [-0.3, -0.25) is 4.68 Å². The molecule has 1 saturated carbocycles. The number of hydrogen-bond acceptors (Lipinski definition) is 2. The molecule has 0 radical (unpaired) electrons. The van der Waals surface area contributed by atoms with Gasteiger partial charge in [-0.05, 0) is 54.6 Å². The average Bonchev–Trinajstić information content (AvgIpc) is 2.84. The van der Waals surface area contributed by atoms with Gasteiger partial charge in [0.1, 0.15) is 0 Å². The van der Waals surface area contributed by atoms with E-state index in [0.717, 1.165) is 24.0 Å². The topological polar surface area (TPSA) is 29.9 Å². The van der Waals surface area contributed by atoms with Crippen LogP contribution in [0.3, 0.4) is 0 Å². The Labute approximate surface area is 118 Å². The summed E-state index contributed by atoms with van der Waals surface area (Å²) >= 11 is 3.67. The predicted octanol–water partition coefficient (Wildman–Crippen LogP) is 3.06. The Morgan fingerprint density at radius 3 is 2.67 bits per heavy atom. The number of aryl methyl sites for hydroxylation is 2. The van der Waals surface area contributed by atoms with Crippen molar-refractivity contribution in [2.45, 2.75) is 45.6 Å². The number of nitrogens with zero attached hydrogens (tertiary/aromatic N) is 2. The Hall–Kier alpha value is -0.350. The van der Waals surface area contributed by atoms with Crippen molar-refractivity contribution in [2.75, 3.05) is 7.05 Å². The number of aromatic nitrogens is 2. The van der Waals surface area contributed by atoms with E-state index in [1.54, 1.807) is 0 Å². The Morgan fingerprint density at radius 2 is 2.22 bits per heavy atom. The van der Waals surface area contributed by atoms with E-state index in [1.807, 2.05) is 11.7 Å². The molecule has 3 atom stereocenters. The molecule has 1 heterocycles. The number of halogens is 1. The van der Waals surface area contributed by atoms with E-state index in [-0.39, 0.29) is 0 Å². The first-order chi connectivity index (χ1) is 8.52. The van der Waals surface area contributed by atoms with Crippen molar-refractivity contribution in [3.63, 3.8) is 0 Å². The van der Waals surface area contributed by atoms with Gasteiger partial charge in [-0.1, -0.05) is 13.3 Å². The molecule has 1 N–H and O–H groups in total. The molecule has 102 valence electrons. The standard InChI is InChI=1S/C14H24BrN3/c1-9-5-6-11(7-9)12(16-3)8-13-14(15)10(2)17-18(13)4/h9,11-12,16H,5-8H2,1-4H3. The Bertz CT molecular complexity index is 413. The monoisotopic (exact) mass is 313 g/mol.